The second-order valence-corrected chi connectivity index (χ2v) is 7.43. The van der Waals surface area contributed by atoms with Crippen molar-refractivity contribution in [3.63, 3.8) is 0 Å². The highest BCUT2D eigenvalue weighted by molar-refractivity contribution is 7.25. The lowest BCUT2D eigenvalue weighted by molar-refractivity contribution is 0.624. The lowest BCUT2D eigenvalue weighted by Gasteiger charge is -2.21. The van der Waals surface area contributed by atoms with Crippen molar-refractivity contribution in [3.05, 3.63) is 83.9 Å². The minimum Gasteiger partial charge on any atom is -0.135 e. The van der Waals surface area contributed by atoms with Crippen LogP contribution < -0.4 is 0 Å². The van der Waals surface area contributed by atoms with Gasteiger partial charge in [-0.3, -0.25) is 0 Å². The number of thiophene rings is 1. The van der Waals surface area contributed by atoms with Crippen LogP contribution in [0.15, 0.2) is 72.8 Å². The number of hydrogen-bond acceptors (Lipinski definition) is 1. The van der Waals surface area contributed by atoms with E-state index in [9.17, 15) is 0 Å². The Kier molecular flexibility index (Phi) is 3.66. The highest BCUT2D eigenvalue weighted by atomic mass is 32.1. The summed E-state index contributed by atoms with van der Waals surface area (Å²) < 4.78 is 2.78. The summed E-state index contributed by atoms with van der Waals surface area (Å²) in [6.07, 6.45) is 0. The molecule has 0 saturated heterocycles. The lowest BCUT2D eigenvalue weighted by atomic mass is 9.84. The standard InChI is InChI=1S/C22H20S/c1-15(17-8-4-3-5-9-17)16(2)18-12-13-20-19-10-6-7-11-21(19)23-22(20)14-18/h3-16H,1-2H3. The fourth-order valence-electron chi connectivity index (χ4n) is 3.36. The number of rotatable bonds is 3. The van der Waals surface area contributed by atoms with Crippen LogP contribution in [0.3, 0.4) is 0 Å². The molecule has 2 atom stereocenters. The second kappa shape index (κ2) is 5.82. The van der Waals surface area contributed by atoms with Gasteiger partial charge in [-0.1, -0.05) is 74.5 Å². The van der Waals surface area contributed by atoms with Crippen LogP contribution in [0.5, 0.6) is 0 Å². The molecule has 1 heterocycles. The van der Waals surface area contributed by atoms with Crippen molar-refractivity contribution in [1.82, 2.24) is 0 Å². The minimum atomic E-state index is 0.506. The van der Waals surface area contributed by atoms with E-state index in [0.29, 0.717) is 11.8 Å². The first-order valence-corrected chi connectivity index (χ1v) is 9.02. The highest BCUT2D eigenvalue weighted by Crippen LogP contribution is 2.38. The van der Waals surface area contributed by atoms with Crippen LogP contribution in [0.4, 0.5) is 0 Å². The molecule has 0 aliphatic carbocycles. The largest absolute Gasteiger partial charge is 0.135 e. The Morgan fingerprint density at radius 3 is 2.09 bits per heavy atom. The van der Waals surface area contributed by atoms with Crippen molar-refractivity contribution in [1.29, 1.82) is 0 Å². The average Bonchev–Trinajstić information content (AvgIpc) is 2.99. The van der Waals surface area contributed by atoms with Gasteiger partial charge in [-0.15, -0.1) is 11.3 Å². The van der Waals surface area contributed by atoms with Gasteiger partial charge < -0.3 is 0 Å². The molecular formula is C22H20S. The Morgan fingerprint density at radius 1 is 0.609 bits per heavy atom. The van der Waals surface area contributed by atoms with Gasteiger partial charge in [-0.2, -0.15) is 0 Å². The molecule has 0 spiro atoms. The summed E-state index contributed by atoms with van der Waals surface area (Å²) in [5.74, 6) is 1.02. The van der Waals surface area contributed by atoms with Gasteiger partial charge in [0, 0.05) is 20.2 Å². The van der Waals surface area contributed by atoms with E-state index in [1.807, 2.05) is 11.3 Å². The summed E-state index contributed by atoms with van der Waals surface area (Å²) in [5.41, 5.74) is 2.84. The predicted molar refractivity (Wildman–Crippen MR) is 103 cm³/mol. The van der Waals surface area contributed by atoms with Crippen LogP contribution in [0.1, 0.15) is 36.8 Å². The summed E-state index contributed by atoms with van der Waals surface area (Å²) >= 11 is 1.90. The summed E-state index contributed by atoms with van der Waals surface area (Å²) in [6.45, 7) is 4.67. The fraction of sp³-hybridized carbons (Fsp3) is 0.182. The van der Waals surface area contributed by atoms with Gasteiger partial charge in [0.15, 0.2) is 0 Å². The zero-order valence-electron chi connectivity index (χ0n) is 13.5. The monoisotopic (exact) mass is 316 g/mol. The molecule has 1 aromatic heterocycles. The molecule has 0 aliphatic heterocycles. The van der Waals surface area contributed by atoms with Crippen molar-refractivity contribution in [2.45, 2.75) is 25.7 Å². The molecule has 3 aromatic carbocycles. The van der Waals surface area contributed by atoms with Gasteiger partial charge in [0.05, 0.1) is 0 Å². The molecule has 2 unspecified atom stereocenters. The SMILES string of the molecule is CC(c1ccccc1)C(C)c1ccc2c(c1)sc1ccccc12. The molecule has 0 amide bonds. The molecule has 0 radical (unpaired) electrons. The highest BCUT2D eigenvalue weighted by Gasteiger charge is 2.17. The maximum absolute atomic E-state index is 2.39. The summed E-state index contributed by atoms with van der Waals surface area (Å²) in [5, 5.41) is 2.76. The second-order valence-electron chi connectivity index (χ2n) is 6.34. The molecule has 0 nitrogen and oxygen atoms in total. The third-order valence-corrected chi connectivity index (χ3v) is 6.14. The van der Waals surface area contributed by atoms with Crippen molar-refractivity contribution in [3.8, 4) is 0 Å². The molecule has 4 rings (SSSR count). The van der Waals surface area contributed by atoms with Gasteiger partial charge in [-0.25, -0.2) is 0 Å². The third kappa shape index (κ3) is 2.55. The van der Waals surface area contributed by atoms with E-state index in [-0.39, 0.29) is 0 Å². The quantitative estimate of drug-likeness (QED) is 0.383. The first-order chi connectivity index (χ1) is 11.2. The Balaban J connectivity index is 1.75. The minimum absolute atomic E-state index is 0.506. The first-order valence-electron chi connectivity index (χ1n) is 8.20. The molecule has 23 heavy (non-hydrogen) atoms. The Morgan fingerprint density at radius 2 is 1.26 bits per heavy atom. The van der Waals surface area contributed by atoms with Crippen molar-refractivity contribution in [2.24, 2.45) is 0 Å². The Hall–Kier alpha value is -2.12. The summed E-state index contributed by atoms with van der Waals surface area (Å²) in [7, 11) is 0. The molecule has 0 bridgehead atoms. The Bertz CT molecular complexity index is 949. The van der Waals surface area contributed by atoms with Crippen molar-refractivity contribution >= 4 is 31.5 Å². The third-order valence-electron chi connectivity index (χ3n) is 5.00. The van der Waals surface area contributed by atoms with Gasteiger partial charge in [-0.05, 0) is 35.1 Å². The van der Waals surface area contributed by atoms with Crippen LogP contribution in [0, 0.1) is 0 Å². The van der Waals surface area contributed by atoms with E-state index in [4.69, 9.17) is 0 Å². The van der Waals surface area contributed by atoms with E-state index < -0.39 is 0 Å². The van der Waals surface area contributed by atoms with E-state index in [1.54, 1.807) is 0 Å². The van der Waals surface area contributed by atoms with Crippen LogP contribution >= 0.6 is 11.3 Å². The molecule has 0 fully saturated rings. The maximum atomic E-state index is 2.39. The van der Waals surface area contributed by atoms with Crippen LogP contribution in [-0.2, 0) is 0 Å². The maximum Gasteiger partial charge on any atom is 0.0358 e. The zero-order valence-corrected chi connectivity index (χ0v) is 14.3. The van der Waals surface area contributed by atoms with Crippen LogP contribution in [-0.4, -0.2) is 0 Å². The van der Waals surface area contributed by atoms with Crippen molar-refractivity contribution < 1.29 is 0 Å². The van der Waals surface area contributed by atoms with E-state index in [0.717, 1.165) is 0 Å². The van der Waals surface area contributed by atoms with E-state index >= 15 is 0 Å². The molecule has 0 N–H and O–H groups in total. The van der Waals surface area contributed by atoms with E-state index in [1.165, 1.54) is 31.3 Å². The summed E-state index contributed by atoms with van der Waals surface area (Å²) in [4.78, 5) is 0. The zero-order chi connectivity index (χ0) is 15.8. The average molecular weight is 316 g/mol. The van der Waals surface area contributed by atoms with Crippen LogP contribution in [0.25, 0.3) is 20.2 Å². The predicted octanol–water partition coefficient (Wildman–Crippen LogP) is 6.96. The van der Waals surface area contributed by atoms with Gasteiger partial charge in [0.2, 0.25) is 0 Å². The molecule has 1 heteroatoms. The number of hydrogen-bond donors (Lipinski definition) is 0. The van der Waals surface area contributed by atoms with Crippen LogP contribution in [0.2, 0.25) is 0 Å². The molecule has 114 valence electrons. The van der Waals surface area contributed by atoms with Gasteiger partial charge >= 0.3 is 0 Å². The van der Waals surface area contributed by atoms with E-state index in [2.05, 4.69) is 86.6 Å². The molecule has 4 aromatic rings. The smallest absolute Gasteiger partial charge is 0.0358 e. The molecular weight excluding hydrogens is 296 g/mol. The fourth-order valence-corrected chi connectivity index (χ4v) is 4.51. The molecule has 0 saturated carbocycles. The number of benzene rings is 3. The van der Waals surface area contributed by atoms with Gasteiger partial charge in [0.25, 0.3) is 0 Å². The number of fused-ring (bicyclic) bond motifs is 3. The topological polar surface area (TPSA) is 0 Å². The molecule has 0 aliphatic rings. The first kappa shape index (κ1) is 14.5. The Labute approximate surface area is 141 Å². The van der Waals surface area contributed by atoms with Gasteiger partial charge in [0.1, 0.15) is 0 Å². The van der Waals surface area contributed by atoms with Crippen molar-refractivity contribution in [2.75, 3.05) is 0 Å². The summed E-state index contributed by atoms with van der Waals surface area (Å²) in [6, 6.07) is 26.5. The normalized spacial score (nSPS) is 14.2. The lowest BCUT2D eigenvalue weighted by Crippen LogP contribution is -2.04.